The van der Waals surface area contributed by atoms with Gasteiger partial charge in [-0.25, -0.2) is 15.0 Å². The number of allylic oxidation sites excluding steroid dienone is 6. The Bertz CT molecular complexity index is 836. The SMILES string of the molecule is C(=Nc1nc(N=CNC2=CCCCC2)nc(N=CNC2=CCCCC2)n1)NC1=CCCCC1. The molecule has 1 heterocycles. The molecule has 33 heavy (non-hydrogen) atoms. The van der Waals surface area contributed by atoms with Crippen molar-refractivity contribution in [3.05, 3.63) is 35.3 Å². The fourth-order valence-corrected chi connectivity index (χ4v) is 3.94. The van der Waals surface area contributed by atoms with Crippen molar-refractivity contribution in [2.24, 2.45) is 15.0 Å². The van der Waals surface area contributed by atoms with Crippen LogP contribution in [0, 0.1) is 0 Å². The lowest BCUT2D eigenvalue weighted by atomic mass is 10.1. The van der Waals surface area contributed by atoms with Gasteiger partial charge in [-0.15, -0.1) is 0 Å². The Morgan fingerprint density at radius 2 is 0.848 bits per heavy atom. The molecule has 0 aromatic carbocycles. The Balaban J connectivity index is 1.45. The molecule has 0 aliphatic heterocycles. The van der Waals surface area contributed by atoms with Crippen LogP contribution in [0.25, 0.3) is 0 Å². The average Bonchev–Trinajstić information content (AvgIpc) is 2.86. The van der Waals surface area contributed by atoms with Crippen LogP contribution in [0.2, 0.25) is 0 Å². The standard InChI is InChI=1S/C24H33N9/c1-4-10-19(11-5-1)25-16-28-22-31-23(29-17-26-20-12-6-2-7-13-20)33-24(32-22)30-18-27-21-14-8-3-9-15-21/h10,12,14,16-18H,1-9,11,13,15H2,(H3,25,26,27,28,29,30,31,32,33). The van der Waals surface area contributed by atoms with Crippen LogP contribution in [0.5, 0.6) is 0 Å². The molecular weight excluding hydrogens is 414 g/mol. The topological polar surface area (TPSA) is 112 Å². The van der Waals surface area contributed by atoms with E-state index >= 15 is 0 Å². The van der Waals surface area contributed by atoms with Crippen LogP contribution < -0.4 is 16.0 Å². The van der Waals surface area contributed by atoms with Gasteiger partial charge in [0.1, 0.15) is 0 Å². The van der Waals surface area contributed by atoms with Crippen LogP contribution in [-0.4, -0.2) is 34.0 Å². The van der Waals surface area contributed by atoms with Crippen molar-refractivity contribution in [3.8, 4) is 0 Å². The van der Waals surface area contributed by atoms with E-state index < -0.39 is 0 Å². The lowest BCUT2D eigenvalue weighted by Crippen LogP contribution is -2.13. The maximum Gasteiger partial charge on any atom is 0.257 e. The Labute approximate surface area is 195 Å². The molecule has 0 atom stereocenters. The summed E-state index contributed by atoms with van der Waals surface area (Å²) in [6.45, 7) is 0. The average molecular weight is 448 g/mol. The second kappa shape index (κ2) is 12.6. The second-order valence-corrected chi connectivity index (χ2v) is 8.37. The van der Waals surface area contributed by atoms with Gasteiger partial charge in [0.2, 0.25) is 0 Å². The van der Waals surface area contributed by atoms with Crippen LogP contribution >= 0.6 is 0 Å². The third-order valence-corrected chi connectivity index (χ3v) is 5.76. The molecule has 0 bridgehead atoms. The molecule has 4 rings (SSSR count). The largest absolute Gasteiger partial charge is 0.350 e. The van der Waals surface area contributed by atoms with E-state index in [-0.39, 0.29) is 17.8 Å². The lowest BCUT2D eigenvalue weighted by molar-refractivity contribution is 0.682. The Morgan fingerprint density at radius 1 is 0.515 bits per heavy atom. The van der Waals surface area contributed by atoms with E-state index in [9.17, 15) is 0 Å². The zero-order valence-corrected chi connectivity index (χ0v) is 19.1. The summed E-state index contributed by atoms with van der Waals surface area (Å²) in [4.78, 5) is 26.2. The number of aliphatic imine (C=N–C) groups is 3. The van der Waals surface area contributed by atoms with Crippen LogP contribution in [0.3, 0.4) is 0 Å². The minimum Gasteiger partial charge on any atom is -0.350 e. The summed E-state index contributed by atoms with van der Waals surface area (Å²) in [5.74, 6) is 0.797. The fourth-order valence-electron chi connectivity index (χ4n) is 3.94. The minimum absolute atomic E-state index is 0.266. The third-order valence-electron chi connectivity index (χ3n) is 5.76. The van der Waals surface area contributed by atoms with Crippen LogP contribution in [0.4, 0.5) is 17.8 Å². The molecule has 1 aromatic rings. The van der Waals surface area contributed by atoms with Crippen LogP contribution in [0.1, 0.15) is 77.0 Å². The van der Waals surface area contributed by atoms with Crippen molar-refractivity contribution in [3.63, 3.8) is 0 Å². The van der Waals surface area contributed by atoms with Crippen LogP contribution in [-0.2, 0) is 0 Å². The van der Waals surface area contributed by atoms with Gasteiger partial charge in [-0.1, -0.05) is 18.2 Å². The molecule has 0 spiro atoms. The fraction of sp³-hybridized carbons (Fsp3) is 0.500. The van der Waals surface area contributed by atoms with E-state index in [1.165, 1.54) is 55.6 Å². The number of hydrogen-bond donors (Lipinski definition) is 3. The van der Waals surface area contributed by atoms with Crippen LogP contribution in [0.15, 0.2) is 50.3 Å². The highest BCUT2D eigenvalue weighted by molar-refractivity contribution is 5.64. The highest BCUT2D eigenvalue weighted by Crippen LogP contribution is 2.18. The molecule has 3 N–H and O–H groups in total. The summed E-state index contributed by atoms with van der Waals surface area (Å²) in [7, 11) is 0. The van der Waals surface area contributed by atoms with Crippen molar-refractivity contribution >= 4 is 36.9 Å². The van der Waals surface area contributed by atoms with Gasteiger partial charge in [0, 0.05) is 17.1 Å². The first-order chi connectivity index (χ1) is 16.3. The van der Waals surface area contributed by atoms with Gasteiger partial charge < -0.3 is 16.0 Å². The van der Waals surface area contributed by atoms with E-state index in [2.05, 4.69) is 64.1 Å². The van der Waals surface area contributed by atoms with Crippen molar-refractivity contribution in [1.82, 2.24) is 30.9 Å². The van der Waals surface area contributed by atoms with Gasteiger partial charge >= 0.3 is 0 Å². The summed E-state index contributed by atoms with van der Waals surface area (Å²) in [6.07, 6.45) is 25.3. The molecule has 0 saturated carbocycles. The summed E-state index contributed by atoms with van der Waals surface area (Å²) >= 11 is 0. The number of aromatic nitrogens is 3. The maximum absolute atomic E-state index is 4.37. The van der Waals surface area contributed by atoms with Gasteiger partial charge in [0.05, 0.1) is 19.0 Å². The van der Waals surface area contributed by atoms with Crippen molar-refractivity contribution in [2.75, 3.05) is 0 Å². The predicted octanol–water partition coefficient (Wildman–Crippen LogP) is 4.99. The molecule has 3 aliphatic carbocycles. The van der Waals surface area contributed by atoms with Gasteiger partial charge in [-0.05, 0) is 77.0 Å². The number of hydrogen-bond acceptors (Lipinski definition) is 6. The zero-order chi connectivity index (χ0) is 22.6. The maximum atomic E-state index is 4.37. The summed E-state index contributed by atoms with van der Waals surface area (Å²) < 4.78 is 0. The molecule has 9 nitrogen and oxygen atoms in total. The first kappa shape index (κ1) is 22.8. The molecule has 174 valence electrons. The Kier molecular flexibility index (Phi) is 8.73. The predicted molar refractivity (Wildman–Crippen MR) is 133 cm³/mol. The van der Waals surface area contributed by atoms with Gasteiger partial charge in [0.25, 0.3) is 17.8 Å². The van der Waals surface area contributed by atoms with Crippen molar-refractivity contribution in [2.45, 2.75) is 77.0 Å². The van der Waals surface area contributed by atoms with E-state index in [0.717, 1.165) is 38.5 Å². The normalized spacial score (nSPS) is 19.5. The molecular formula is C24H33N9. The number of nitrogens with one attached hydrogen (secondary N) is 3. The van der Waals surface area contributed by atoms with Gasteiger partial charge in [-0.2, -0.15) is 15.0 Å². The number of nitrogens with zero attached hydrogens (tertiary/aromatic N) is 6. The summed E-state index contributed by atoms with van der Waals surface area (Å²) in [5, 5.41) is 9.70. The first-order valence-corrected chi connectivity index (χ1v) is 12.1. The molecule has 9 heteroatoms. The smallest absolute Gasteiger partial charge is 0.257 e. The van der Waals surface area contributed by atoms with E-state index in [0.29, 0.717) is 0 Å². The van der Waals surface area contributed by atoms with E-state index in [4.69, 9.17) is 0 Å². The molecule has 3 aliphatic rings. The molecule has 0 saturated heterocycles. The highest BCUT2D eigenvalue weighted by atomic mass is 15.2. The monoisotopic (exact) mass is 447 g/mol. The first-order valence-electron chi connectivity index (χ1n) is 12.1. The molecule has 1 aromatic heterocycles. The Morgan fingerprint density at radius 3 is 1.12 bits per heavy atom. The third kappa shape index (κ3) is 7.93. The second-order valence-electron chi connectivity index (χ2n) is 8.37. The summed E-state index contributed by atoms with van der Waals surface area (Å²) in [5.41, 5.74) is 3.56. The van der Waals surface area contributed by atoms with Crippen molar-refractivity contribution < 1.29 is 0 Å². The van der Waals surface area contributed by atoms with Crippen molar-refractivity contribution in [1.29, 1.82) is 0 Å². The van der Waals surface area contributed by atoms with Gasteiger partial charge in [-0.3, -0.25) is 0 Å². The molecule has 0 fully saturated rings. The lowest BCUT2D eigenvalue weighted by Gasteiger charge is -2.11. The molecule has 0 amide bonds. The molecule has 0 unspecified atom stereocenters. The minimum atomic E-state index is 0.266. The van der Waals surface area contributed by atoms with Gasteiger partial charge in [0.15, 0.2) is 0 Å². The number of rotatable bonds is 9. The zero-order valence-electron chi connectivity index (χ0n) is 19.1. The van der Waals surface area contributed by atoms with E-state index in [1.807, 2.05) is 0 Å². The highest BCUT2D eigenvalue weighted by Gasteiger charge is 2.06. The quantitative estimate of drug-likeness (QED) is 0.363. The molecule has 0 radical (unpaired) electrons. The summed E-state index contributed by atoms with van der Waals surface area (Å²) in [6, 6.07) is 0. The Hall–Kier alpha value is -3.36. The van der Waals surface area contributed by atoms with E-state index in [1.54, 1.807) is 19.0 Å².